The summed E-state index contributed by atoms with van der Waals surface area (Å²) in [7, 11) is 0. The van der Waals surface area contributed by atoms with E-state index in [9.17, 15) is 18.0 Å². The monoisotopic (exact) mass is 358 g/mol. The average Bonchev–Trinajstić information content (AvgIpc) is 3.25. The van der Waals surface area contributed by atoms with Gasteiger partial charge in [0, 0.05) is 18.0 Å². The molecule has 0 spiro atoms. The van der Waals surface area contributed by atoms with E-state index >= 15 is 0 Å². The molecule has 1 aromatic carbocycles. The Kier molecular flexibility index (Phi) is 5.66. The maximum absolute atomic E-state index is 12.5. The van der Waals surface area contributed by atoms with Gasteiger partial charge in [-0.15, -0.1) is 13.2 Å². The molecule has 0 aliphatic heterocycles. The number of hydrogen-bond acceptors (Lipinski definition) is 3. The number of amides is 1. The normalized spacial score (nSPS) is 22.4. The van der Waals surface area contributed by atoms with Crippen LogP contribution in [0.5, 0.6) is 5.75 Å². The molecule has 0 bridgehead atoms. The van der Waals surface area contributed by atoms with Crippen molar-refractivity contribution in [1.29, 1.82) is 0 Å². The summed E-state index contributed by atoms with van der Waals surface area (Å²) >= 11 is 0. The van der Waals surface area contributed by atoms with Crippen LogP contribution in [0.2, 0.25) is 0 Å². The molecule has 0 radical (unpaired) electrons. The minimum atomic E-state index is -4.75. The molecule has 7 heteroatoms. The molecule has 3 unspecified atom stereocenters. The van der Waals surface area contributed by atoms with Crippen molar-refractivity contribution < 1.29 is 22.7 Å². The highest BCUT2D eigenvalue weighted by atomic mass is 19.4. The molecule has 4 nitrogen and oxygen atoms in total. The quantitative estimate of drug-likeness (QED) is 0.783. The maximum Gasteiger partial charge on any atom is 0.573 e. The van der Waals surface area contributed by atoms with Crippen LogP contribution in [-0.4, -0.2) is 24.4 Å². The number of nitrogens with two attached hydrogens (primary N) is 1. The Balaban J connectivity index is 2.06. The molecular formula is C18H25F3N2O2. The zero-order chi connectivity index (χ0) is 18.8. The number of carbonyl (C=O) groups excluding carboxylic acids is 1. The van der Waals surface area contributed by atoms with E-state index in [1.165, 1.54) is 12.1 Å². The number of benzene rings is 1. The first kappa shape index (κ1) is 19.6. The second kappa shape index (κ2) is 7.23. The number of ether oxygens (including phenoxy) is 1. The fourth-order valence-corrected chi connectivity index (χ4v) is 3.31. The predicted octanol–water partition coefficient (Wildman–Crippen LogP) is 3.57. The van der Waals surface area contributed by atoms with Gasteiger partial charge in [-0.2, -0.15) is 0 Å². The van der Waals surface area contributed by atoms with Crippen LogP contribution in [0.25, 0.3) is 0 Å². The van der Waals surface area contributed by atoms with E-state index in [0.717, 1.165) is 6.42 Å². The zero-order valence-electron chi connectivity index (χ0n) is 14.7. The van der Waals surface area contributed by atoms with E-state index in [1.54, 1.807) is 12.1 Å². The van der Waals surface area contributed by atoms with Crippen LogP contribution in [0.15, 0.2) is 24.3 Å². The molecule has 0 saturated heterocycles. The van der Waals surface area contributed by atoms with Crippen LogP contribution < -0.4 is 15.8 Å². The lowest BCUT2D eigenvalue weighted by Gasteiger charge is -2.31. The largest absolute Gasteiger partial charge is 0.573 e. The lowest BCUT2D eigenvalue weighted by Crippen LogP contribution is -2.52. The standard InChI is InChI=1S/C18H25F3N2O2/c1-11(2)9-17(3,10-22)23-16(24)14-8-13(14)12-6-4-5-7-15(12)25-18(19,20)21/h4-7,11,13-14H,8-10,22H2,1-3H3,(H,23,24). The summed E-state index contributed by atoms with van der Waals surface area (Å²) in [6.45, 7) is 6.29. The van der Waals surface area contributed by atoms with Crippen molar-refractivity contribution in [3.63, 3.8) is 0 Å². The third kappa shape index (κ3) is 5.36. The first-order valence-corrected chi connectivity index (χ1v) is 8.41. The predicted molar refractivity (Wildman–Crippen MR) is 89.0 cm³/mol. The van der Waals surface area contributed by atoms with Gasteiger partial charge in [0.1, 0.15) is 5.75 Å². The number of nitrogens with one attached hydrogen (secondary N) is 1. The number of para-hydroxylation sites is 1. The highest BCUT2D eigenvalue weighted by molar-refractivity contribution is 5.83. The van der Waals surface area contributed by atoms with Crippen LogP contribution >= 0.6 is 0 Å². The molecule has 1 fully saturated rings. The molecule has 0 heterocycles. The molecule has 0 aromatic heterocycles. The Labute approximate surface area is 145 Å². The summed E-state index contributed by atoms with van der Waals surface area (Å²) in [5.74, 6) is -0.653. The first-order valence-electron chi connectivity index (χ1n) is 8.41. The Hall–Kier alpha value is -1.76. The van der Waals surface area contributed by atoms with E-state index < -0.39 is 11.9 Å². The van der Waals surface area contributed by atoms with Gasteiger partial charge in [0.2, 0.25) is 5.91 Å². The van der Waals surface area contributed by atoms with E-state index in [4.69, 9.17) is 5.73 Å². The van der Waals surface area contributed by atoms with Gasteiger partial charge >= 0.3 is 6.36 Å². The van der Waals surface area contributed by atoms with Gasteiger partial charge in [0.15, 0.2) is 0 Å². The first-order chi connectivity index (χ1) is 11.5. The molecule has 1 aromatic rings. The van der Waals surface area contributed by atoms with Gasteiger partial charge in [0.05, 0.1) is 0 Å². The molecule has 140 valence electrons. The van der Waals surface area contributed by atoms with Gasteiger partial charge in [-0.1, -0.05) is 32.0 Å². The topological polar surface area (TPSA) is 64.3 Å². The van der Waals surface area contributed by atoms with E-state index in [2.05, 4.69) is 10.1 Å². The van der Waals surface area contributed by atoms with Gasteiger partial charge in [-0.05, 0) is 43.2 Å². The molecule has 1 aliphatic rings. The van der Waals surface area contributed by atoms with Crippen molar-refractivity contribution in [2.75, 3.05) is 6.54 Å². The van der Waals surface area contributed by atoms with Crippen LogP contribution in [-0.2, 0) is 4.79 Å². The maximum atomic E-state index is 12.5. The van der Waals surface area contributed by atoms with Crippen LogP contribution in [0, 0.1) is 11.8 Å². The molecule has 25 heavy (non-hydrogen) atoms. The van der Waals surface area contributed by atoms with Crippen molar-refractivity contribution in [3.05, 3.63) is 29.8 Å². The SMILES string of the molecule is CC(C)CC(C)(CN)NC(=O)C1CC1c1ccccc1OC(F)(F)F. The number of carbonyl (C=O) groups is 1. The van der Waals surface area contributed by atoms with Crippen molar-refractivity contribution in [2.45, 2.75) is 51.4 Å². The Bertz CT molecular complexity index is 619. The Morgan fingerprint density at radius 1 is 1.36 bits per heavy atom. The summed E-state index contributed by atoms with van der Waals surface area (Å²) in [5, 5.41) is 2.98. The lowest BCUT2D eigenvalue weighted by molar-refractivity contribution is -0.274. The molecule has 3 atom stereocenters. The third-order valence-corrected chi connectivity index (χ3v) is 4.41. The minimum Gasteiger partial charge on any atom is -0.405 e. The van der Waals surface area contributed by atoms with Crippen molar-refractivity contribution in [1.82, 2.24) is 5.32 Å². The summed E-state index contributed by atoms with van der Waals surface area (Å²) in [6.07, 6.45) is -3.51. The summed E-state index contributed by atoms with van der Waals surface area (Å²) in [6, 6.07) is 5.99. The average molecular weight is 358 g/mol. The van der Waals surface area contributed by atoms with E-state index in [-0.39, 0.29) is 23.5 Å². The van der Waals surface area contributed by atoms with E-state index in [0.29, 0.717) is 24.4 Å². The van der Waals surface area contributed by atoms with Crippen molar-refractivity contribution >= 4 is 5.91 Å². The third-order valence-electron chi connectivity index (χ3n) is 4.41. The fourth-order valence-electron chi connectivity index (χ4n) is 3.31. The molecule has 1 amide bonds. The van der Waals surface area contributed by atoms with Crippen molar-refractivity contribution in [3.8, 4) is 5.75 Å². The number of rotatable bonds is 7. The molecule has 2 rings (SSSR count). The van der Waals surface area contributed by atoms with Crippen LogP contribution in [0.3, 0.4) is 0 Å². The molecule has 1 aliphatic carbocycles. The second-order valence-corrected chi connectivity index (χ2v) is 7.39. The fraction of sp³-hybridized carbons (Fsp3) is 0.611. The zero-order valence-corrected chi connectivity index (χ0v) is 14.7. The van der Waals surface area contributed by atoms with Gasteiger partial charge in [-0.3, -0.25) is 4.79 Å². The molecular weight excluding hydrogens is 333 g/mol. The van der Waals surface area contributed by atoms with Gasteiger partial charge in [0.25, 0.3) is 0 Å². The summed E-state index contributed by atoms with van der Waals surface area (Å²) < 4.78 is 41.7. The lowest BCUT2D eigenvalue weighted by atomic mass is 9.90. The van der Waals surface area contributed by atoms with Crippen LogP contribution in [0.4, 0.5) is 13.2 Å². The van der Waals surface area contributed by atoms with Gasteiger partial charge < -0.3 is 15.8 Å². The number of halogens is 3. The highest BCUT2D eigenvalue weighted by Crippen LogP contribution is 2.51. The van der Waals surface area contributed by atoms with Gasteiger partial charge in [-0.25, -0.2) is 0 Å². The summed E-state index contributed by atoms with van der Waals surface area (Å²) in [4.78, 5) is 12.5. The molecule has 3 N–H and O–H groups in total. The molecule has 1 saturated carbocycles. The minimum absolute atomic E-state index is 0.166. The summed E-state index contributed by atoms with van der Waals surface area (Å²) in [5.41, 5.74) is 5.71. The van der Waals surface area contributed by atoms with Crippen LogP contribution in [0.1, 0.15) is 45.1 Å². The van der Waals surface area contributed by atoms with Crippen molar-refractivity contribution in [2.24, 2.45) is 17.6 Å². The van der Waals surface area contributed by atoms with E-state index in [1.807, 2.05) is 20.8 Å². The number of alkyl halides is 3. The smallest absolute Gasteiger partial charge is 0.405 e. The highest BCUT2D eigenvalue weighted by Gasteiger charge is 2.47. The number of hydrogen-bond donors (Lipinski definition) is 2. The Morgan fingerprint density at radius 3 is 2.56 bits per heavy atom. The second-order valence-electron chi connectivity index (χ2n) is 7.39. The Morgan fingerprint density at radius 2 is 2.00 bits per heavy atom.